The molecule has 0 unspecified atom stereocenters. The molecule has 0 radical (unpaired) electrons. The Labute approximate surface area is 200 Å². The van der Waals surface area contributed by atoms with E-state index in [1.54, 1.807) is 0 Å². The summed E-state index contributed by atoms with van der Waals surface area (Å²) >= 11 is 0. The Bertz CT molecular complexity index is 1080. The number of ether oxygens (including phenoxy) is 2. The monoisotopic (exact) mass is 461 g/mol. The van der Waals surface area contributed by atoms with Crippen LogP contribution in [0.2, 0.25) is 0 Å². The fourth-order valence-corrected chi connectivity index (χ4v) is 5.02. The van der Waals surface area contributed by atoms with Gasteiger partial charge in [0.25, 0.3) is 0 Å². The van der Waals surface area contributed by atoms with Crippen LogP contribution in [0.5, 0.6) is 11.5 Å². The van der Waals surface area contributed by atoms with Crippen molar-refractivity contribution in [1.29, 1.82) is 0 Å². The molecule has 2 aliphatic carbocycles. The highest BCUT2D eigenvalue weighted by Gasteiger charge is 2.42. The van der Waals surface area contributed by atoms with Crippen molar-refractivity contribution in [3.05, 3.63) is 59.7 Å². The molecule has 7 heteroatoms. The third kappa shape index (κ3) is 4.95. The Morgan fingerprint density at radius 3 is 2.38 bits per heavy atom. The van der Waals surface area contributed by atoms with Gasteiger partial charge in [-0.05, 0) is 61.1 Å². The van der Waals surface area contributed by atoms with Gasteiger partial charge >= 0.3 is 0 Å². The maximum Gasteiger partial charge on any atom is 0.234 e. The molecular weight excluding hydrogens is 430 g/mol. The number of amides is 2. The van der Waals surface area contributed by atoms with E-state index in [0.29, 0.717) is 38.8 Å². The number of hydrogen-bond acceptors (Lipinski definition) is 5. The lowest BCUT2D eigenvalue weighted by Gasteiger charge is -2.25. The third-order valence-corrected chi connectivity index (χ3v) is 7.14. The fraction of sp³-hybridized carbons (Fsp3) is 0.481. The Balaban J connectivity index is 1.27. The highest BCUT2D eigenvalue weighted by atomic mass is 16.5. The predicted octanol–water partition coefficient (Wildman–Crippen LogP) is 3.08. The smallest absolute Gasteiger partial charge is 0.234 e. The van der Waals surface area contributed by atoms with Crippen molar-refractivity contribution in [2.75, 3.05) is 19.6 Å². The molecule has 7 nitrogen and oxygen atoms in total. The maximum absolute atomic E-state index is 13.1. The van der Waals surface area contributed by atoms with E-state index in [1.807, 2.05) is 41.3 Å². The summed E-state index contributed by atoms with van der Waals surface area (Å²) < 4.78 is 12.4. The second kappa shape index (κ2) is 9.04. The van der Waals surface area contributed by atoms with E-state index in [1.165, 1.54) is 0 Å². The average molecular weight is 462 g/mol. The zero-order valence-corrected chi connectivity index (χ0v) is 19.3. The molecule has 3 fully saturated rings. The number of fused-ring (bicyclic) bond motifs is 5. The minimum atomic E-state index is -0.230. The van der Waals surface area contributed by atoms with E-state index in [2.05, 4.69) is 22.3 Å². The molecule has 2 saturated carbocycles. The molecule has 178 valence electrons. The number of hydrogen-bond donors (Lipinski definition) is 1. The molecule has 34 heavy (non-hydrogen) atoms. The van der Waals surface area contributed by atoms with Crippen LogP contribution in [0.25, 0.3) is 0 Å². The summed E-state index contributed by atoms with van der Waals surface area (Å²) in [6, 6.07) is 16.2. The van der Waals surface area contributed by atoms with Crippen LogP contribution in [0.4, 0.5) is 0 Å². The van der Waals surface area contributed by atoms with E-state index in [9.17, 15) is 9.59 Å². The number of carbonyl (C=O) groups is 2. The van der Waals surface area contributed by atoms with Gasteiger partial charge in [0.2, 0.25) is 11.8 Å². The van der Waals surface area contributed by atoms with E-state index >= 15 is 0 Å². The molecule has 4 aliphatic rings. The quantitative estimate of drug-likeness (QED) is 0.744. The Hall–Kier alpha value is -2.90. The van der Waals surface area contributed by atoms with Crippen molar-refractivity contribution >= 4 is 11.8 Å². The summed E-state index contributed by atoms with van der Waals surface area (Å²) in [7, 11) is 0. The number of likely N-dealkylation sites (tertiary alicyclic amines) is 1. The van der Waals surface area contributed by atoms with Gasteiger partial charge in [0.1, 0.15) is 11.5 Å². The predicted molar refractivity (Wildman–Crippen MR) is 126 cm³/mol. The van der Waals surface area contributed by atoms with Gasteiger partial charge in [0.15, 0.2) is 0 Å². The van der Waals surface area contributed by atoms with Gasteiger partial charge in [-0.15, -0.1) is 0 Å². The molecule has 2 aliphatic heterocycles. The van der Waals surface area contributed by atoms with Gasteiger partial charge in [-0.3, -0.25) is 14.5 Å². The Morgan fingerprint density at radius 2 is 1.65 bits per heavy atom. The van der Waals surface area contributed by atoms with Gasteiger partial charge in [-0.1, -0.05) is 24.3 Å². The maximum atomic E-state index is 13.1. The zero-order chi connectivity index (χ0) is 23.1. The summed E-state index contributed by atoms with van der Waals surface area (Å²) in [6.07, 6.45) is 3.96. The first-order chi connectivity index (χ1) is 16.6. The van der Waals surface area contributed by atoms with Crippen LogP contribution in [-0.4, -0.2) is 59.4 Å². The number of benzene rings is 2. The van der Waals surface area contributed by atoms with Crippen LogP contribution >= 0.6 is 0 Å². The van der Waals surface area contributed by atoms with Crippen molar-refractivity contribution in [3.63, 3.8) is 0 Å². The van der Waals surface area contributed by atoms with Crippen LogP contribution < -0.4 is 10.1 Å². The third-order valence-electron chi connectivity index (χ3n) is 7.14. The van der Waals surface area contributed by atoms with Gasteiger partial charge in [0, 0.05) is 31.6 Å². The fourth-order valence-electron chi connectivity index (χ4n) is 5.02. The summed E-state index contributed by atoms with van der Waals surface area (Å²) in [5, 5.41) is 3.21. The molecule has 1 N–H and O–H groups in total. The molecule has 2 atom stereocenters. The number of nitrogens with one attached hydrogen (secondary N) is 1. The van der Waals surface area contributed by atoms with E-state index in [-0.39, 0.29) is 29.9 Å². The molecule has 0 spiro atoms. The molecule has 2 heterocycles. The van der Waals surface area contributed by atoms with Crippen LogP contribution in [0.15, 0.2) is 48.5 Å². The Morgan fingerprint density at radius 1 is 0.912 bits per heavy atom. The van der Waals surface area contributed by atoms with Crippen LogP contribution in [-0.2, 0) is 27.5 Å². The number of nitrogens with zero attached hydrogens (tertiary/aromatic N) is 2. The second-order valence-electron chi connectivity index (χ2n) is 10.1. The average Bonchev–Trinajstić information content (AvgIpc) is 3.74. The van der Waals surface area contributed by atoms with E-state index in [4.69, 9.17) is 9.47 Å². The van der Waals surface area contributed by atoms with Crippen molar-refractivity contribution < 1.29 is 19.1 Å². The lowest BCUT2D eigenvalue weighted by atomic mass is 10.1. The lowest BCUT2D eigenvalue weighted by Crippen LogP contribution is -2.48. The van der Waals surface area contributed by atoms with Gasteiger partial charge < -0.3 is 19.7 Å². The van der Waals surface area contributed by atoms with E-state index in [0.717, 1.165) is 48.3 Å². The topological polar surface area (TPSA) is 71.1 Å². The number of carbonyl (C=O) groups excluding carboxylic acids is 2. The molecule has 2 aromatic carbocycles. The van der Waals surface area contributed by atoms with Crippen LogP contribution in [0, 0.1) is 5.92 Å². The van der Waals surface area contributed by atoms with Crippen LogP contribution in [0.3, 0.4) is 0 Å². The molecule has 6 rings (SSSR count). The highest BCUT2D eigenvalue weighted by molar-refractivity contribution is 5.82. The highest BCUT2D eigenvalue weighted by Crippen LogP contribution is 2.33. The number of rotatable bonds is 2. The van der Waals surface area contributed by atoms with Crippen LogP contribution in [0.1, 0.15) is 36.8 Å². The van der Waals surface area contributed by atoms with Gasteiger partial charge in [-0.2, -0.15) is 0 Å². The minimum absolute atomic E-state index is 0.00674. The van der Waals surface area contributed by atoms with Crippen molar-refractivity contribution in [3.8, 4) is 11.5 Å². The van der Waals surface area contributed by atoms with Gasteiger partial charge in [0.05, 0.1) is 25.3 Å². The largest absolute Gasteiger partial charge is 0.457 e. The molecule has 0 aromatic heterocycles. The molecule has 1 saturated heterocycles. The summed E-state index contributed by atoms with van der Waals surface area (Å²) in [4.78, 5) is 30.0. The Kier molecular flexibility index (Phi) is 5.75. The molecule has 2 amide bonds. The summed E-state index contributed by atoms with van der Waals surface area (Å²) in [6.45, 7) is 2.47. The first-order valence-corrected chi connectivity index (χ1v) is 12.4. The zero-order valence-electron chi connectivity index (χ0n) is 19.3. The van der Waals surface area contributed by atoms with E-state index < -0.39 is 0 Å². The van der Waals surface area contributed by atoms with Gasteiger partial charge in [-0.25, -0.2) is 0 Å². The molecule has 4 bridgehead atoms. The lowest BCUT2D eigenvalue weighted by molar-refractivity contribution is -0.132. The summed E-state index contributed by atoms with van der Waals surface area (Å²) in [5.41, 5.74) is 2.13. The van der Waals surface area contributed by atoms with Crippen molar-refractivity contribution in [2.45, 2.75) is 57.0 Å². The molecule has 2 aromatic rings. The standard InChI is InChI=1S/C27H31N3O4/c31-26-16-29(21-9-10-21)13-18-3-1-5-22(11-18)34-23-6-2-4-19(12-23)17-33-25-15-30(14-24(25)28-26)27(32)20-7-8-20/h1-6,11-12,20-21,24-25H,7-10,13-17H2,(H,28,31)/t24-,25-/m0/s1. The first-order valence-electron chi connectivity index (χ1n) is 12.4. The first kappa shape index (κ1) is 21.6. The minimum Gasteiger partial charge on any atom is -0.457 e. The van der Waals surface area contributed by atoms with Crippen molar-refractivity contribution in [1.82, 2.24) is 15.1 Å². The summed E-state index contributed by atoms with van der Waals surface area (Å²) in [5.74, 6) is 1.91. The second-order valence-corrected chi connectivity index (χ2v) is 10.1. The van der Waals surface area contributed by atoms with Crippen molar-refractivity contribution in [2.24, 2.45) is 5.92 Å². The SMILES string of the molecule is O=C1CN(C2CC2)Cc2cccc(c2)Oc2cccc(c2)CO[C@H]2CN(C(=O)C3CC3)C[C@@H]2N1. The molecular formula is C27H31N3O4. The normalized spacial score (nSPS) is 25.9.